The molecule has 0 bridgehead atoms. The summed E-state index contributed by atoms with van der Waals surface area (Å²) in [6, 6.07) is 6.42. The zero-order chi connectivity index (χ0) is 16.5. The first-order valence-electron chi connectivity index (χ1n) is 8.39. The van der Waals surface area contributed by atoms with Gasteiger partial charge in [-0.1, -0.05) is 0 Å². The second-order valence-electron chi connectivity index (χ2n) is 6.42. The normalized spacial score (nSPS) is 16.0. The van der Waals surface area contributed by atoms with Crippen molar-refractivity contribution in [2.45, 2.75) is 20.4 Å². The monoisotopic (exact) mass is 322 g/mol. The molecule has 3 aromatic rings. The van der Waals surface area contributed by atoms with Crippen LogP contribution in [0, 0.1) is 13.8 Å². The third-order valence-electron chi connectivity index (χ3n) is 4.59. The molecule has 4 heterocycles. The number of fused-ring (bicyclic) bond motifs is 1. The molecule has 0 radical (unpaired) electrons. The van der Waals surface area contributed by atoms with Gasteiger partial charge in [-0.25, -0.2) is 9.50 Å². The Hall–Kier alpha value is -2.47. The average Bonchev–Trinajstić information content (AvgIpc) is 3.06. The van der Waals surface area contributed by atoms with Crippen LogP contribution in [-0.2, 0) is 6.54 Å². The van der Waals surface area contributed by atoms with Crippen LogP contribution >= 0.6 is 0 Å². The van der Waals surface area contributed by atoms with Crippen LogP contribution in [-0.4, -0.2) is 50.7 Å². The lowest BCUT2D eigenvalue weighted by atomic mass is 10.2. The highest BCUT2D eigenvalue weighted by molar-refractivity contribution is 5.47. The first-order chi connectivity index (χ1) is 11.7. The second-order valence-corrected chi connectivity index (χ2v) is 6.42. The van der Waals surface area contributed by atoms with E-state index in [1.54, 1.807) is 0 Å². The number of nitrogens with zero attached hydrogens (tertiary/aromatic N) is 6. The smallest absolute Gasteiger partial charge is 0.150 e. The van der Waals surface area contributed by atoms with Gasteiger partial charge in [-0.2, -0.15) is 5.10 Å². The molecule has 0 aliphatic carbocycles. The van der Waals surface area contributed by atoms with E-state index in [9.17, 15) is 0 Å². The van der Waals surface area contributed by atoms with E-state index in [0.717, 1.165) is 55.4 Å². The lowest BCUT2D eigenvalue weighted by Gasteiger charge is -2.35. The molecule has 6 nitrogen and oxygen atoms in total. The highest BCUT2D eigenvalue weighted by Gasteiger charge is 2.20. The summed E-state index contributed by atoms with van der Waals surface area (Å²) in [5.74, 6) is 1.04. The van der Waals surface area contributed by atoms with E-state index in [1.165, 1.54) is 5.56 Å². The number of pyridine rings is 1. The minimum atomic E-state index is 0.979. The van der Waals surface area contributed by atoms with Crippen LogP contribution < -0.4 is 4.90 Å². The molecule has 0 aromatic carbocycles. The van der Waals surface area contributed by atoms with Crippen molar-refractivity contribution >= 4 is 11.3 Å². The van der Waals surface area contributed by atoms with Gasteiger partial charge in [0.05, 0.1) is 16.9 Å². The summed E-state index contributed by atoms with van der Waals surface area (Å²) in [4.78, 5) is 14.0. The molecule has 0 amide bonds. The summed E-state index contributed by atoms with van der Waals surface area (Å²) in [6.07, 6.45) is 5.71. The van der Waals surface area contributed by atoms with Crippen LogP contribution in [0.2, 0.25) is 0 Å². The van der Waals surface area contributed by atoms with E-state index >= 15 is 0 Å². The number of piperazine rings is 1. The molecule has 6 heteroatoms. The molecule has 0 atom stereocenters. The quantitative estimate of drug-likeness (QED) is 0.739. The molecular weight excluding hydrogens is 300 g/mol. The van der Waals surface area contributed by atoms with E-state index in [0.29, 0.717) is 0 Å². The topological polar surface area (TPSA) is 49.6 Å². The molecule has 0 N–H and O–H groups in total. The summed E-state index contributed by atoms with van der Waals surface area (Å²) in [5.41, 5.74) is 4.48. The highest BCUT2D eigenvalue weighted by atomic mass is 15.3. The van der Waals surface area contributed by atoms with Crippen LogP contribution in [0.3, 0.4) is 0 Å². The molecule has 1 fully saturated rings. The van der Waals surface area contributed by atoms with Gasteiger partial charge >= 0.3 is 0 Å². The van der Waals surface area contributed by atoms with Crippen molar-refractivity contribution in [3.63, 3.8) is 0 Å². The fraction of sp³-hybridized carbons (Fsp3) is 0.389. The van der Waals surface area contributed by atoms with E-state index in [4.69, 9.17) is 0 Å². The molecule has 4 rings (SSSR count). The zero-order valence-corrected chi connectivity index (χ0v) is 14.2. The average molecular weight is 322 g/mol. The Morgan fingerprint density at radius 2 is 1.92 bits per heavy atom. The Morgan fingerprint density at radius 3 is 2.75 bits per heavy atom. The summed E-state index contributed by atoms with van der Waals surface area (Å²) in [6.45, 7) is 9.09. The number of aryl methyl sites for hydroxylation is 2. The van der Waals surface area contributed by atoms with Gasteiger partial charge in [0, 0.05) is 51.3 Å². The van der Waals surface area contributed by atoms with Gasteiger partial charge in [-0.15, -0.1) is 0 Å². The molecule has 1 saturated heterocycles. The molecule has 1 aliphatic rings. The minimum absolute atomic E-state index is 0.979. The fourth-order valence-corrected chi connectivity index (χ4v) is 3.27. The Kier molecular flexibility index (Phi) is 3.90. The van der Waals surface area contributed by atoms with Crippen LogP contribution in [0.4, 0.5) is 5.82 Å². The Morgan fingerprint density at radius 1 is 1.08 bits per heavy atom. The first-order valence-corrected chi connectivity index (χ1v) is 8.39. The summed E-state index contributed by atoms with van der Waals surface area (Å²) >= 11 is 0. The van der Waals surface area contributed by atoms with Crippen LogP contribution in [0.15, 0.2) is 36.8 Å². The second kappa shape index (κ2) is 6.20. The molecular formula is C18H22N6. The molecule has 0 spiro atoms. The zero-order valence-electron chi connectivity index (χ0n) is 14.2. The SMILES string of the molecule is Cc1cnc(C)c(N2CCN(Cc3ccn4nccc4c3)CC2)n1. The van der Waals surface area contributed by atoms with Crippen LogP contribution in [0.1, 0.15) is 17.0 Å². The van der Waals surface area contributed by atoms with Gasteiger partial charge in [0.1, 0.15) is 5.82 Å². The summed E-state index contributed by atoms with van der Waals surface area (Å²) in [5, 5.41) is 4.25. The largest absolute Gasteiger partial charge is 0.353 e. The van der Waals surface area contributed by atoms with E-state index in [2.05, 4.69) is 37.0 Å². The third-order valence-corrected chi connectivity index (χ3v) is 4.59. The molecule has 3 aromatic heterocycles. The summed E-state index contributed by atoms with van der Waals surface area (Å²) < 4.78 is 1.90. The minimum Gasteiger partial charge on any atom is -0.353 e. The van der Waals surface area contributed by atoms with Crippen molar-refractivity contribution in [1.82, 2.24) is 24.5 Å². The number of aromatic nitrogens is 4. The Balaban J connectivity index is 1.41. The molecule has 0 saturated carbocycles. The summed E-state index contributed by atoms with van der Waals surface area (Å²) in [7, 11) is 0. The van der Waals surface area contributed by atoms with Gasteiger partial charge in [-0.3, -0.25) is 9.88 Å². The number of anilines is 1. The standard InChI is InChI=1S/C18H22N6/c1-14-12-19-15(2)18(21-14)23-9-7-22(8-10-23)13-16-4-6-24-17(11-16)3-5-20-24/h3-6,11-12H,7-10,13H2,1-2H3. The lowest BCUT2D eigenvalue weighted by molar-refractivity contribution is 0.249. The van der Waals surface area contributed by atoms with Crippen LogP contribution in [0.5, 0.6) is 0 Å². The van der Waals surface area contributed by atoms with Crippen molar-refractivity contribution in [2.75, 3.05) is 31.1 Å². The predicted molar refractivity (Wildman–Crippen MR) is 94.2 cm³/mol. The van der Waals surface area contributed by atoms with Gasteiger partial charge < -0.3 is 4.90 Å². The van der Waals surface area contributed by atoms with E-state index in [1.807, 2.05) is 43.0 Å². The Bertz CT molecular complexity index is 848. The van der Waals surface area contributed by atoms with Crippen molar-refractivity contribution in [1.29, 1.82) is 0 Å². The van der Waals surface area contributed by atoms with Gasteiger partial charge in [-0.05, 0) is 37.6 Å². The number of rotatable bonds is 3. The van der Waals surface area contributed by atoms with Gasteiger partial charge in [0.15, 0.2) is 0 Å². The maximum atomic E-state index is 4.67. The van der Waals surface area contributed by atoms with Gasteiger partial charge in [0.25, 0.3) is 0 Å². The predicted octanol–water partition coefficient (Wildman–Crippen LogP) is 2.06. The highest BCUT2D eigenvalue weighted by Crippen LogP contribution is 2.18. The third kappa shape index (κ3) is 2.97. The molecule has 24 heavy (non-hydrogen) atoms. The van der Waals surface area contributed by atoms with Crippen molar-refractivity contribution in [3.8, 4) is 0 Å². The van der Waals surface area contributed by atoms with Crippen LogP contribution in [0.25, 0.3) is 5.52 Å². The van der Waals surface area contributed by atoms with Gasteiger partial charge in [0.2, 0.25) is 0 Å². The van der Waals surface area contributed by atoms with E-state index in [-0.39, 0.29) is 0 Å². The molecule has 1 aliphatic heterocycles. The number of hydrogen-bond acceptors (Lipinski definition) is 5. The molecule has 0 unspecified atom stereocenters. The molecule has 124 valence electrons. The number of hydrogen-bond donors (Lipinski definition) is 0. The first kappa shape index (κ1) is 15.1. The fourth-order valence-electron chi connectivity index (χ4n) is 3.27. The maximum absolute atomic E-state index is 4.67. The Labute approximate surface area is 141 Å². The van der Waals surface area contributed by atoms with E-state index < -0.39 is 0 Å². The van der Waals surface area contributed by atoms with Crippen molar-refractivity contribution in [3.05, 3.63) is 53.7 Å². The maximum Gasteiger partial charge on any atom is 0.150 e. The van der Waals surface area contributed by atoms with Crippen molar-refractivity contribution < 1.29 is 0 Å². The van der Waals surface area contributed by atoms with Crippen molar-refractivity contribution in [2.24, 2.45) is 0 Å². The lowest BCUT2D eigenvalue weighted by Crippen LogP contribution is -2.46.